The van der Waals surface area contributed by atoms with Crippen LogP contribution in [-0.2, 0) is 16.6 Å². The summed E-state index contributed by atoms with van der Waals surface area (Å²) in [5, 5.41) is 3.19. The van der Waals surface area contributed by atoms with Crippen molar-refractivity contribution in [3.05, 3.63) is 58.5 Å². The molecule has 0 spiro atoms. The van der Waals surface area contributed by atoms with E-state index in [2.05, 4.69) is 10.0 Å². The molecule has 1 aromatic carbocycles. The second kappa shape index (κ2) is 8.85. The van der Waals surface area contributed by atoms with Gasteiger partial charge in [0.25, 0.3) is 15.6 Å². The van der Waals surface area contributed by atoms with Gasteiger partial charge in [-0.1, -0.05) is 37.5 Å². The summed E-state index contributed by atoms with van der Waals surface area (Å²) in [5.41, 5.74) is 0.951. The minimum Gasteiger partial charge on any atom is -0.335 e. The lowest BCUT2D eigenvalue weighted by atomic mass is 9.82. The maximum atomic E-state index is 13.0. The average molecular weight is 471 g/mol. The Labute approximate surface area is 194 Å². The number of hydrogen-bond donors (Lipinski definition) is 2. The summed E-state index contributed by atoms with van der Waals surface area (Å²) in [4.78, 5) is 27.7. The standard InChI is InChI=1S/C24H30N4O4S/c29-22-12-11-21(26-33(31,32)20-9-5-2-6-10-20)23-18-13-17(15-28(22)23)14-27(16-18)24(30)25-19-7-3-1-4-8-19/h2,5-6,9-12,17-19,26H,1,3-4,7-8,13-16H2,(H,25,30). The fourth-order valence-corrected chi connectivity index (χ4v) is 6.68. The second-order valence-corrected chi connectivity index (χ2v) is 11.2. The van der Waals surface area contributed by atoms with Crippen LogP contribution in [0.15, 0.2) is 52.2 Å². The number of fused-ring (bicyclic) bond motifs is 4. The number of hydrogen-bond acceptors (Lipinski definition) is 4. The summed E-state index contributed by atoms with van der Waals surface area (Å²) >= 11 is 0. The first kappa shape index (κ1) is 22.0. The van der Waals surface area contributed by atoms with Crippen LogP contribution >= 0.6 is 0 Å². The Morgan fingerprint density at radius 1 is 0.939 bits per heavy atom. The number of benzene rings is 1. The number of likely N-dealkylation sites (tertiary alicyclic amines) is 1. The van der Waals surface area contributed by atoms with Crippen LogP contribution in [0.4, 0.5) is 10.5 Å². The monoisotopic (exact) mass is 470 g/mol. The number of rotatable bonds is 4. The van der Waals surface area contributed by atoms with E-state index in [-0.39, 0.29) is 34.4 Å². The molecule has 2 unspecified atom stereocenters. The topological polar surface area (TPSA) is 101 Å². The van der Waals surface area contributed by atoms with Crippen LogP contribution in [0.3, 0.4) is 0 Å². The molecular weight excluding hydrogens is 440 g/mol. The summed E-state index contributed by atoms with van der Waals surface area (Å²) in [7, 11) is -3.79. The zero-order valence-corrected chi connectivity index (χ0v) is 19.4. The van der Waals surface area contributed by atoms with Gasteiger partial charge >= 0.3 is 6.03 Å². The van der Waals surface area contributed by atoms with Gasteiger partial charge < -0.3 is 14.8 Å². The van der Waals surface area contributed by atoms with Crippen LogP contribution in [0.25, 0.3) is 0 Å². The van der Waals surface area contributed by atoms with Crippen molar-refractivity contribution in [1.29, 1.82) is 0 Å². The SMILES string of the molecule is O=C(NC1CCCCC1)N1CC2CC(C1)c1c(NS(=O)(=O)c3ccccc3)ccc(=O)n1C2. The van der Waals surface area contributed by atoms with Gasteiger partial charge in [0.05, 0.1) is 16.3 Å². The molecule has 2 aliphatic heterocycles. The van der Waals surface area contributed by atoms with E-state index in [0.717, 1.165) is 32.1 Å². The smallest absolute Gasteiger partial charge is 0.317 e. The Morgan fingerprint density at radius 3 is 2.45 bits per heavy atom. The molecule has 3 heterocycles. The fraction of sp³-hybridized carbons (Fsp3) is 0.500. The Kier molecular flexibility index (Phi) is 5.90. The van der Waals surface area contributed by atoms with E-state index < -0.39 is 10.0 Å². The lowest BCUT2D eigenvalue weighted by Crippen LogP contribution is -2.53. The molecule has 3 aliphatic rings. The second-order valence-electron chi connectivity index (χ2n) is 9.49. The molecule has 2 aromatic rings. The summed E-state index contributed by atoms with van der Waals surface area (Å²) in [5.74, 6) is 0.0732. The van der Waals surface area contributed by atoms with E-state index >= 15 is 0 Å². The number of aromatic nitrogens is 1. The van der Waals surface area contributed by atoms with E-state index in [0.29, 0.717) is 31.0 Å². The molecule has 1 aliphatic carbocycles. The molecule has 5 rings (SSSR count). The molecule has 8 nitrogen and oxygen atoms in total. The third-order valence-electron chi connectivity index (χ3n) is 7.11. The molecule has 176 valence electrons. The average Bonchev–Trinajstić information content (AvgIpc) is 2.82. The highest BCUT2D eigenvalue weighted by Crippen LogP contribution is 2.39. The minimum atomic E-state index is -3.79. The van der Waals surface area contributed by atoms with E-state index in [1.165, 1.54) is 24.6 Å². The maximum absolute atomic E-state index is 13.0. The van der Waals surface area contributed by atoms with Gasteiger partial charge in [0.1, 0.15) is 0 Å². The number of nitrogens with zero attached hydrogens (tertiary/aromatic N) is 2. The van der Waals surface area contributed by atoms with E-state index in [1.807, 2.05) is 4.90 Å². The van der Waals surface area contributed by atoms with Gasteiger partial charge in [-0.2, -0.15) is 0 Å². The van der Waals surface area contributed by atoms with Crippen LogP contribution in [0.5, 0.6) is 0 Å². The van der Waals surface area contributed by atoms with Gasteiger partial charge in [0.15, 0.2) is 0 Å². The lowest BCUT2D eigenvalue weighted by Gasteiger charge is -2.43. The first-order valence-electron chi connectivity index (χ1n) is 11.8. The van der Waals surface area contributed by atoms with Gasteiger partial charge in [-0.3, -0.25) is 9.52 Å². The molecule has 2 fully saturated rings. The molecule has 1 saturated heterocycles. The molecule has 2 bridgehead atoms. The van der Waals surface area contributed by atoms with Crippen LogP contribution in [0.2, 0.25) is 0 Å². The van der Waals surface area contributed by atoms with Crippen LogP contribution < -0.4 is 15.6 Å². The number of carbonyl (C=O) groups excluding carboxylic acids is 1. The van der Waals surface area contributed by atoms with Crippen molar-refractivity contribution in [2.45, 2.75) is 61.9 Å². The predicted octanol–water partition coefficient (Wildman–Crippen LogP) is 3.11. The highest BCUT2D eigenvalue weighted by molar-refractivity contribution is 7.92. The van der Waals surface area contributed by atoms with Gasteiger partial charge in [-0.15, -0.1) is 0 Å². The summed E-state index contributed by atoms with van der Waals surface area (Å²) in [6, 6.07) is 11.3. The van der Waals surface area contributed by atoms with Crippen molar-refractivity contribution in [2.75, 3.05) is 17.8 Å². The van der Waals surface area contributed by atoms with E-state index in [4.69, 9.17) is 0 Å². The van der Waals surface area contributed by atoms with Crippen LogP contribution in [0, 0.1) is 5.92 Å². The largest absolute Gasteiger partial charge is 0.335 e. The molecule has 0 radical (unpaired) electrons. The van der Waals surface area contributed by atoms with Crippen LogP contribution in [0.1, 0.15) is 50.1 Å². The Bertz CT molecular complexity index is 1190. The quantitative estimate of drug-likeness (QED) is 0.717. The number of piperidine rings is 1. The van der Waals surface area contributed by atoms with E-state index in [1.54, 1.807) is 28.8 Å². The zero-order valence-electron chi connectivity index (χ0n) is 18.6. The highest BCUT2D eigenvalue weighted by Gasteiger charge is 2.38. The lowest BCUT2D eigenvalue weighted by molar-refractivity contribution is 0.128. The number of amides is 2. The third kappa shape index (κ3) is 4.51. The number of carbonyl (C=O) groups is 1. The van der Waals surface area contributed by atoms with Crippen molar-refractivity contribution >= 4 is 21.7 Å². The van der Waals surface area contributed by atoms with Crippen LogP contribution in [-0.4, -0.2) is 43.0 Å². The zero-order chi connectivity index (χ0) is 23.0. The summed E-state index contributed by atoms with van der Waals surface area (Å²) in [6.07, 6.45) is 6.41. The third-order valence-corrected chi connectivity index (χ3v) is 8.49. The molecular formula is C24H30N4O4S. The molecule has 2 N–H and O–H groups in total. The molecule has 1 aromatic heterocycles. The molecule has 2 amide bonds. The summed E-state index contributed by atoms with van der Waals surface area (Å²) < 4.78 is 30.3. The normalized spacial score (nSPS) is 23.0. The summed E-state index contributed by atoms with van der Waals surface area (Å²) in [6.45, 7) is 1.57. The van der Waals surface area contributed by atoms with Crippen molar-refractivity contribution in [3.63, 3.8) is 0 Å². The Balaban J connectivity index is 1.40. The van der Waals surface area contributed by atoms with Crippen molar-refractivity contribution in [1.82, 2.24) is 14.8 Å². The number of urea groups is 1. The van der Waals surface area contributed by atoms with E-state index in [9.17, 15) is 18.0 Å². The van der Waals surface area contributed by atoms with Gasteiger partial charge in [0.2, 0.25) is 0 Å². The highest BCUT2D eigenvalue weighted by atomic mass is 32.2. The van der Waals surface area contributed by atoms with Gasteiger partial charge in [-0.25, -0.2) is 13.2 Å². The number of sulfonamides is 1. The molecule has 33 heavy (non-hydrogen) atoms. The molecule has 2 atom stereocenters. The first-order valence-corrected chi connectivity index (χ1v) is 13.3. The number of pyridine rings is 1. The fourth-order valence-electron chi connectivity index (χ4n) is 5.58. The van der Waals surface area contributed by atoms with Gasteiger partial charge in [0, 0.05) is 37.7 Å². The minimum absolute atomic E-state index is 0.0465. The number of nitrogens with one attached hydrogen (secondary N) is 2. The van der Waals surface area contributed by atoms with Crippen molar-refractivity contribution < 1.29 is 13.2 Å². The first-order chi connectivity index (χ1) is 15.9. The Morgan fingerprint density at radius 2 is 1.70 bits per heavy atom. The number of anilines is 1. The molecule has 9 heteroatoms. The Hall–Kier alpha value is -2.81. The molecule has 1 saturated carbocycles. The predicted molar refractivity (Wildman–Crippen MR) is 126 cm³/mol. The van der Waals surface area contributed by atoms with Crippen molar-refractivity contribution in [2.24, 2.45) is 5.92 Å². The van der Waals surface area contributed by atoms with Crippen molar-refractivity contribution in [3.8, 4) is 0 Å². The van der Waals surface area contributed by atoms with Gasteiger partial charge in [-0.05, 0) is 43.4 Å². The maximum Gasteiger partial charge on any atom is 0.317 e.